The molecule has 0 aliphatic carbocycles. The highest BCUT2D eigenvalue weighted by Gasteiger charge is 2.08. The van der Waals surface area contributed by atoms with Crippen LogP contribution in [0.15, 0.2) is 48.7 Å². The van der Waals surface area contributed by atoms with Gasteiger partial charge in [0.1, 0.15) is 5.82 Å². The van der Waals surface area contributed by atoms with Crippen molar-refractivity contribution in [1.29, 1.82) is 0 Å². The fraction of sp³-hybridized carbons (Fsp3) is 0.0625. The first-order valence-corrected chi connectivity index (χ1v) is 6.31. The van der Waals surface area contributed by atoms with E-state index in [1.807, 2.05) is 31.2 Å². The van der Waals surface area contributed by atoms with E-state index in [0.29, 0.717) is 11.4 Å². The van der Waals surface area contributed by atoms with Crippen LogP contribution in [0, 0.1) is 12.7 Å². The predicted molar refractivity (Wildman–Crippen MR) is 80.6 cm³/mol. The fourth-order valence-corrected chi connectivity index (χ4v) is 2.16. The minimum absolute atomic E-state index is 0.286. The molecule has 0 unspecified atom stereocenters. The van der Waals surface area contributed by atoms with Crippen molar-refractivity contribution in [1.82, 2.24) is 4.98 Å². The monoisotopic (exact) mass is 267 g/mol. The van der Waals surface area contributed by atoms with Gasteiger partial charge < -0.3 is 11.1 Å². The van der Waals surface area contributed by atoms with Gasteiger partial charge in [-0.15, -0.1) is 0 Å². The fourth-order valence-electron chi connectivity index (χ4n) is 2.16. The highest BCUT2D eigenvalue weighted by Crippen LogP contribution is 2.29. The molecule has 1 aromatic heterocycles. The molecule has 0 saturated carbocycles. The van der Waals surface area contributed by atoms with Gasteiger partial charge in [0.15, 0.2) is 0 Å². The molecule has 0 saturated heterocycles. The van der Waals surface area contributed by atoms with E-state index < -0.39 is 0 Å². The minimum atomic E-state index is -0.286. The molecule has 0 radical (unpaired) electrons. The molecule has 3 aromatic rings. The van der Waals surface area contributed by atoms with Crippen molar-refractivity contribution in [3.05, 3.63) is 60.0 Å². The third-order valence-corrected chi connectivity index (χ3v) is 3.20. The summed E-state index contributed by atoms with van der Waals surface area (Å²) in [7, 11) is 0. The van der Waals surface area contributed by atoms with Crippen molar-refractivity contribution in [2.24, 2.45) is 0 Å². The summed E-state index contributed by atoms with van der Waals surface area (Å²) < 4.78 is 13.9. The van der Waals surface area contributed by atoms with Crippen LogP contribution in [0.3, 0.4) is 0 Å². The van der Waals surface area contributed by atoms with Crippen molar-refractivity contribution in [3.63, 3.8) is 0 Å². The molecular weight excluding hydrogens is 253 g/mol. The highest BCUT2D eigenvalue weighted by molar-refractivity contribution is 5.99. The van der Waals surface area contributed by atoms with Gasteiger partial charge in [0.05, 0.1) is 16.9 Å². The number of hydrogen-bond donors (Lipinski definition) is 2. The number of pyridine rings is 1. The first-order chi connectivity index (χ1) is 9.65. The normalized spacial score (nSPS) is 10.7. The van der Waals surface area contributed by atoms with Crippen molar-refractivity contribution >= 4 is 28.0 Å². The summed E-state index contributed by atoms with van der Waals surface area (Å²) in [5.41, 5.74) is 9.35. The number of hydrogen-bond acceptors (Lipinski definition) is 3. The van der Waals surface area contributed by atoms with Gasteiger partial charge >= 0.3 is 0 Å². The molecule has 0 fully saturated rings. The third-order valence-electron chi connectivity index (χ3n) is 3.20. The van der Waals surface area contributed by atoms with Gasteiger partial charge in [0, 0.05) is 17.3 Å². The Balaban J connectivity index is 2.09. The average molecular weight is 267 g/mol. The summed E-state index contributed by atoms with van der Waals surface area (Å²) in [5.74, 6) is -0.286. The second-order valence-corrected chi connectivity index (χ2v) is 4.71. The van der Waals surface area contributed by atoms with E-state index in [0.717, 1.165) is 22.2 Å². The first-order valence-electron chi connectivity index (χ1n) is 6.31. The van der Waals surface area contributed by atoms with Gasteiger partial charge in [-0.25, -0.2) is 4.39 Å². The molecular formula is C16H14FN3. The van der Waals surface area contributed by atoms with Gasteiger partial charge in [-0.2, -0.15) is 0 Å². The van der Waals surface area contributed by atoms with Crippen LogP contribution in [0.5, 0.6) is 0 Å². The third kappa shape index (κ3) is 2.16. The molecule has 0 aliphatic rings. The second kappa shape index (κ2) is 4.81. The predicted octanol–water partition coefficient (Wildman–Crippen LogP) is 4.01. The lowest BCUT2D eigenvalue weighted by molar-refractivity contribution is 0.631. The Morgan fingerprint density at radius 3 is 2.70 bits per heavy atom. The molecule has 100 valence electrons. The largest absolute Gasteiger partial charge is 0.398 e. The Morgan fingerprint density at radius 2 is 1.90 bits per heavy atom. The number of anilines is 3. The number of fused-ring (bicyclic) bond motifs is 1. The zero-order chi connectivity index (χ0) is 14.1. The van der Waals surface area contributed by atoms with Crippen LogP contribution >= 0.6 is 0 Å². The maximum Gasteiger partial charge on any atom is 0.146 e. The molecule has 0 aliphatic heterocycles. The molecule has 0 bridgehead atoms. The van der Waals surface area contributed by atoms with Crippen LogP contribution < -0.4 is 11.1 Å². The van der Waals surface area contributed by atoms with Crippen LogP contribution in [-0.4, -0.2) is 4.98 Å². The van der Waals surface area contributed by atoms with Crippen LogP contribution in [-0.2, 0) is 0 Å². The smallest absolute Gasteiger partial charge is 0.146 e. The van der Waals surface area contributed by atoms with Crippen molar-refractivity contribution < 1.29 is 4.39 Å². The number of nitrogen functional groups attached to an aromatic ring is 1. The van der Waals surface area contributed by atoms with Crippen molar-refractivity contribution in [3.8, 4) is 0 Å². The Labute approximate surface area is 116 Å². The zero-order valence-electron chi connectivity index (χ0n) is 11.0. The zero-order valence-corrected chi connectivity index (χ0v) is 11.0. The Kier molecular flexibility index (Phi) is 2.99. The summed E-state index contributed by atoms with van der Waals surface area (Å²) in [4.78, 5) is 4.32. The molecule has 3 nitrogen and oxygen atoms in total. The molecule has 0 spiro atoms. The summed E-state index contributed by atoms with van der Waals surface area (Å²) >= 11 is 0. The van der Waals surface area contributed by atoms with Gasteiger partial charge in [-0.05, 0) is 48.9 Å². The van der Waals surface area contributed by atoms with Gasteiger partial charge in [-0.3, -0.25) is 4.98 Å². The summed E-state index contributed by atoms with van der Waals surface area (Å²) in [6, 6.07) is 12.4. The van der Waals surface area contributed by atoms with Crippen LogP contribution in [0.4, 0.5) is 21.5 Å². The number of rotatable bonds is 2. The van der Waals surface area contributed by atoms with E-state index in [9.17, 15) is 4.39 Å². The SMILES string of the molecule is Cc1ccc(Nc2ccc(N)c3cccnc23)c(F)c1. The number of benzene rings is 2. The quantitative estimate of drug-likeness (QED) is 0.690. The van der Waals surface area contributed by atoms with Crippen LogP contribution in [0.2, 0.25) is 0 Å². The van der Waals surface area contributed by atoms with Crippen molar-refractivity contribution in [2.75, 3.05) is 11.1 Å². The lowest BCUT2D eigenvalue weighted by atomic mass is 10.1. The summed E-state index contributed by atoms with van der Waals surface area (Å²) in [5, 5.41) is 3.93. The van der Waals surface area contributed by atoms with Crippen LogP contribution in [0.25, 0.3) is 10.9 Å². The van der Waals surface area contributed by atoms with E-state index in [4.69, 9.17) is 5.73 Å². The van der Waals surface area contributed by atoms with Gasteiger partial charge in [-0.1, -0.05) is 6.07 Å². The first kappa shape index (κ1) is 12.4. The molecule has 4 heteroatoms. The van der Waals surface area contributed by atoms with E-state index in [1.54, 1.807) is 18.3 Å². The Morgan fingerprint density at radius 1 is 1.10 bits per heavy atom. The molecule has 3 rings (SSSR count). The van der Waals surface area contributed by atoms with Gasteiger partial charge in [0.2, 0.25) is 0 Å². The second-order valence-electron chi connectivity index (χ2n) is 4.71. The van der Waals surface area contributed by atoms with E-state index >= 15 is 0 Å². The van der Waals surface area contributed by atoms with Gasteiger partial charge in [0.25, 0.3) is 0 Å². The van der Waals surface area contributed by atoms with Crippen molar-refractivity contribution in [2.45, 2.75) is 6.92 Å². The maximum atomic E-state index is 13.9. The molecule has 0 amide bonds. The number of aromatic nitrogens is 1. The number of nitrogens with one attached hydrogen (secondary N) is 1. The lowest BCUT2D eigenvalue weighted by Gasteiger charge is -2.11. The Hall–Kier alpha value is -2.62. The van der Waals surface area contributed by atoms with E-state index in [1.165, 1.54) is 6.07 Å². The van der Waals surface area contributed by atoms with E-state index in [2.05, 4.69) is 10.3 Å². The van der Waals surface area contributed by atoms with E-state index in [-0.39, 0.29) is 5.82 Å². The number of aryl methyl sites for hydroxylation is 1. The average Bonchev–Trinajstić information content (AvgIpc) is 2.45. The Bertz CT molecular complexity index is 784. The molecule has 1 heterocycles. The number of nitrogens with zero attached hydrogens (tertiary/aromatic N) is 1. The van der Waals surface area contributed by atoms with Crippen LogP contribution in [0.1, 0.15) is 5.56 Å². The minimum Gasteiger partial charge on any atom is -0.398 e. The standard InChI is InChI=1S/C16H14FN3/c1-10-4-6-14(12(17)9-10)20-15-7-5-13(18)11-3-2-8-19-16(11)15/h2-9,20H,18H2,1H3. The summed E-state index contributed by atoms with van der Waals surface area (Å²) in [6.07, 6.45) is 1.69. The topological polar surface area (TPSA) is 50.9 Å². The highest BCUT2D eigenvalue weighted by atomic mass is 19.1. The lowest BCUT2D eigenvalue weighted by Crippen LogP contribution is -1.97. The molecule has 3 N–H and O–H groups in total. The number of halogens is 1. The molecule has 0 atom stereocenters. The molecule has 20 heavy (non-hydrogen) atoms. The number of nitrogens with two attached hydrogens (primary N) is 1. The molecule has 2 aromatic carbocycles. The maximum absolute atomic E-state index is 13.9. The summed E-state index contributed by atoms with van der Waals surface area (Å²) in [6.45, 7) is 1.85.